The zero-order valence-electron chi connectivity index (χ0n) is 7.35. The van der Waals surface area contributed by atoms with Crippen molar-refractivity contribution in [3.8, 4) is 0 Å². The van der Waals surface area contributed by atoms with Gasteiger partial charge in [-0.2, -0.15) is 0 Å². The largest absolute Gasteiger partial charge is 0.215 e. The van der Waals surface area contributed by atoms with Crippen molar-refractivity contribution in [1.82, 2.24) is 4.72 Å². The Morgan fingerprint density at radius 1 is 1.33 bits per heavy atom. The van der Waals surface area contributed by atoms with Crippen molar-refractivity contribution >= 4 is 21.6 Å². The number of unbranched alkanes of at least 4 members (excludes halogenated alkanes) is 1. The van der Waals surface area contributed by atoms with Gasteiger partial charge in [-0.25, -0.2) is 13.1 Å². The third-order valence-electron chi connectivity index (χ3n) is 1.36. The average Bonchev–Trinajstić information content (AvgIpc) is 1.98. The molecule has 0 atom stereocenters. The van der Waals surface area contributed by atoms with Gasteiger partial charge < -0.3 is 0 Å². The molecule has 74 valence electrons. The van der Waals surface area contributed by atoms with Crippen molar-refractivity contribution in [3.63, 3.8) is 0 Å². The summed E-state index contributed by atoms with van der Waals surface area (Å²) in [6.45, 7) is 2.35. The Hall–Kier alpha value is 0.200. The average molecular weight is 214 g/mol. The minimum absolute atomic E-state index is 0.216. The molecule has 0 aliphatic rings. The molecule has 0 saturated heterocycles. The number of sulfonamides is 1. The molecule has 0 saturated carbocycles. The zero-order chi connectivity index (χ0) is 9.45. The van der Waals surface area contributed by atoms with Gasteiger partial charge in [0.25, 0.3) is 0 Å². The first-order valence-electron chi connectivity index (χ1n) is 4.15. The molecule has 0 aromatic rings. The molecule has 0 aliphatic heterocycles. The smallest absolute Gasteiger partial charge is 0.211 e. The zero-order valence-corrected chi connectivity index (χ0v) is 8.92. The minimum atomic E-state index is -3.01. The van der Waals surface area contributed by atoms with E-state index < -0.39 is 10.0 Å². The molecule has 0 heterocycles. The van der Waals surface area contributed by atoms with Crippen molar-refractivity contribution in [2.75, 3.05) is 18.2 Å². The summed E-state index contributed by atoms with van der Waals surface area (Å²) in [7, 11) is -3.01. The van der Waals surface area contributed by atoms with Crippen LogP contribution in [0.4, 0.5) is 0 Å². The summed E-state index contributed by atoms with van der Waals surface area (Å²) in [5, 5.41) is 0. The van der Waals surface area contributed by atoms with Gasteiger partial charge >= 0.3 is 0 Å². The fraction of sp³-hybridized carbons (Fsp3) is 1.00. The Morgan fingerprint density at radius 2 is 2.00 bits per heavy atom. The van der Waals surface area contributed by atoms with Crippen LogP contribution in [-0.2, 0) is 10.0 Å². The first kappa shape index (κ1) is 12.2. The van der Waals surface area contributed by atoms with Gasteiger partial charge in [-0.15, -0.1) is 11.6 Å². The molecule has 0 fully saturated rings. The highest BCUT2D eigenvalue weighted by Crippen LogP contribution is 1.92. The second kappa shape index (κ2) is 6.69. The van der Waals surface area contributed by atoms with Gasteiger partial charge in [0.15, 0.2) is 0 Å². The summed E-state index contributed by atoms with van der Waals surface area (Å²) >= 11 is 5.44. The summed E-state index contributed by atoms with van der Waals surface area (Å²) in [4.78, 5) is 0. The van der Waals surface area contributed by atoms with Crippen LogP contribution < -0.4 is 4.72 Å². The van der Waals surface area contributed by atoms with E-state index >= 15 is 0 Å². The van der Waals surface area contributed by atoms with Crippen molar-refractivity contribution in [3.05, 3.63) is 0 Å². The van der Waals surface area contributed by atoms with Gasteiger partial charge in [0.2, 0.25) is 10.0 Å². The number of nitrogens with one attached hydrogen (secondary N) is 1. The van der Waals surface area contributed by atoms with Crippen molar-refractivity contribution in [2.45, 2.75) is 26.2 Å². The first-order chi connectivity index (χ1) is 5.62. The predicted molar refractivity (Wildman–Crippen MR) is 52.0 cm³/mol. The summed E-state index contributed by atoms with van der Waals surface area (Å²) in [6, 6.07) is 0. The molecule has 3 nitrogen and oxygen atoms in total. The number of alkyl halides is 1. The second-order valence-electron chi connectivity index (χ2n) is 2.61. The van der Waals surface area contributed by atoms with E-state index in [2.05, 4.69) is 4.72 Å². The Balaban J connectivity index is 3.48. The van der Waals surface area contributed by atoms with Crippen molar-refractivity contribution in [1.29, 1.82) is 0 Å². The lowest BCUT2D eigenvalue weighted by Crippen LogP contribution is -2.27. The monoisotopic (exact) mass is 213 g/mol. The summed E-state index contributed by atoms with van der Waals surface area (Å²) < 4.78 is 24.6. The number of halogens is 1. The lowest BCUT2D eigenvalue weighted by Gasteiger charge is -2.03. The summed E-state index contributed by atoms with van der Waals surface area (Å²) in [5.41, 5.74) is 0. The van der Waals surface area contributed by atoms with Gasteiger partial charge in [-0.05, 0) is 19.3 Å². The lowest BCUT2D eigenvalue weighted by molar-refractivity contribution is 0.577. The molecule has 12 heavy (non-hydrogen) atoms. The van der Waals surface area contributed by atoms with Crippen LogP contribution in [-0.4, -0.2) is 26.6 Å². The van der Waals surface area contributed by atoms with E-state index in [0.29, 0.717) is 18.8 Å². The molecule has 0 rings (SSSR count). The maximum atomic E-state index is 11.0. The standard InChI is InChI=1S/C7H16ClNO2S/c1-2-7-12(10,11)9-6-4-3-5-8/h9H,2-7H2,1H3. The van der Waals surface area contributed by atoms with Crippen LogP contribution in [0.15, 0.2) is 0 Å². The number of hydrogen-bond acceptors (Lipinski definition) is 2. The van der Waals surface area contributed by atoms with E-state index in [9.17, 15) is 8.42 Å². The molecule has 0 aliphatic carbocycles. The van der Waals surface area contributed by atoms with Gasteiger partial charge in [0, 0.05) is 12.4 Å². The van der Waals surface area contributed by atoms with Crippen LogP contribution in [0, 0.1) is 0 Å². The van der Waals surface area contributed by atoms with E-state index in [1.165, 1.54) is 0 Å². The Morgan fingerprint density at radius 3 is 2.50 bits per heavy atom. The Labute approximate surface area is 79.5 Å². The predicted octanol–water partition coefficient (Wildman–Crippen LogP) is 1.33. The number of rotatable bonds is 7. The molecule has 0 aromatic carbocycles. The molecule has 0 spiro atoms. The molecule has 1 N–H and O–H groups in total. The fourth-order valence-corrected chi connectivity index (χ4v) is 2.11. The van der Waals surface area contributed by atoms with E-state index in [0.717, 1.165) is 12.8 Å². The number of hydrogen-bond donors (Lipinski definition) is 1. The quantitative estimate of drug-likeness (QED) is 0.513. The van der Waals surface area contributed by atoms with Gasteiger partial charge in [0.05, 0.1) is 5.75 Å². The van der Waals surface area contributed by atoms with Crippen LogP contribution in [0.1, 0.15) is 26.2 Å². The molecule has 0 amide bonds. The highest BCUT2D eigenvalue weighted by Gasteiger charge is 2.05. The highest BCUT2D eigenvalue weighted by molar-refractivity contribution is 7.89. The molecular weight excluding hydrogens is 198 g/mol. The van der Waals surface area contributed by atoms with E-state index in [4.69, 9.17) is 11.6 Å². The summed E-state index contributed by atoms with van der Waals surface area (Å²) in [6.07, 6.45) is 2.33. The second-order valence-corrected chi connectivity index (χ2v) is 4.91. The summed E-state index contributed by atoms with van der Waals surface area (Å²) in [5.74, 6) is 0.809. The maximum Gasteiger partial charge on any atom is 0.211 e. The molecular formula is C7H16ClNO2S. The maximum absolute atomic E-state index is 11.0. The van der Waals surface area contributed by atoms with Crippen LogP contribution in [0.2, 0.25) is 0 Å². The van der Waals surface area contributed by atoms with Crippen LogP contribution in [0.5, 0.6) is 0 Å². The van der Waals surface area contributed by atoms with E-state index in [1.807, 2.05) is 6.92 Å². The normalized spacial score (nSPS) is 11.8. The van der Waals surface area contributed by atoms with Gasteiger partial charge in [0.1, 0.15) is 0 Å². The molecule has 0 aromatic heterocycles. The van der Waals surface area contributed by atoms with E-state index in [1.54, 1.807) is 0 Å². The lowest BCUT2D eigenvalue weighted by atomic mass is 10.3. The molecule has 0 bridgehead atoms. The minimum Gasteiger partial charge on any atom is -0.215 e. The topological polar surface area (TPSA) is 46.2 Å². The third kappa shape index (κ3) is 6.88. The van der Waals surface area contributed by atoms with Crippen LogP contribution in [0.25, 0.3) is 0 Å². The van der Waals surface area contributed by atoms with Gasteiger partial charge in [-0.1, -0.05) is 6.92 Å². The van der Waals surface area contributed by atoms with E-state index in [-0.39, 0.29) is 5.75 Å². The Bertz CT molecular complexity index is 192. The van der Waals surface area contributed by atoms with Crippen molar-refractivity contribution < 1.29 is 8.42 Å². The van der Waals surface area contributed by atoms with Gasteiger partial charge in [-0.3, -0.25) is 0 Å². The van der Waals surface area contributed by atoms with Crippen molar-refractivity contribution in [2.24, 2.45) is 0 Å². The molecule has 5 heteroatoms. The van der Waals surface area contributed by atoms with Crippen LogP contribution in [0.3, 0.4) is 0 Å². The molecule has 0 radical (unpaired) electrons. The fourth-order valence-electron chi connectivity index (χ4n) is 0.788. The van der Waals surface area contributed by atoms with Crippen LogP contribution >= 0.6 is 11.6 Å². The highest BCUT2D eigenvalue weighted by atomic mass is 35.5. The molecule has 0 unspecified atom stereocenters. The SMILES string of the molecule is CCCS(=O)(=O)NCCCCCl. The third-order valence-corrected chi connectivity index (χ3v) is 3.21. The first-order valence-corrected chi connectivity index (χ1v) is 6.34. The Kier molecular flexibility index (Phi) is 6.80.